The van der Waals surface area contributed by atoms with Crippen LogP contribution in [-0.2, 0) is 16.0 Å². The number of carbonyl (C=O) groups excluding carboxylic acids is 1. The highest BCUT2D eigenvalue weighted by Crippen LogP contribution is 2.42. The number of ether oxygens (including phenoxy) is 1. The quantitative estimate of drug-likeness (QED) is 0.722. The molecule has 7 nitrogen and oxygen atoms in total. The summed E-state index contributed by atoms with van der Waals surface area (Å²) in [7, 11) is 1.54. The fourth-order valence-corrected chi connectivity index (χ4v) is 3.50. The van der Waals surface area contributed by atoms with E-state index in [0.29, 0.717) is 24.8 Å². The first-order valence-corrected chi connectivity index (χ1v) is 9.31. The van der Waals surface area contributed by atoms with Crippen LogP contribution in [0.4, 0.5) is 0 Å². The molecule has 0 saturated carbocycles. The second-order valence-electron chi connectivity index (χ2n) is 6.59. The lowest BCUT2D eigenvalue weighted by Crippen LogP contribution is -2.28. The van der Waals surface area contributed by atoms with Crippen LogP contribution < -0.4 is 4.74 Å². The number of carboxylic acids is 2. The zero-order valence-corrected chi connectivity index (χ0v) is 17.1. The number of fused-ring (bicyclic) bond motifs is 1. The van der Waals surface area contributed by atoms with E-state index in [1.54, 1.807) is 18.1 Å². The van der Waals surface area contributed by atoms with Crippen molar-refractivity contribution in [3.63, 3.8) is 0 Å². The molecule has 1 unspecified atom stereocenters. The van der Waals surface area contributed by atoms with Crippen LogP contribution in [0.5, 0.6) is 5.75 Å². The minimum atomic E-state index is -1.10. The van der Waals surface area contributed by atoms with E-state index in [2.05, 4.69) is 6.92 Å². The number of aryl methyl sites for hydroxylation is 1. The Labute approximate surface area is 165 Å². The zero-order valence-electron chi connectivity index (χ0n) is 17.1. The predicted octanol–water partition coefficient (Wildman–Crippen LogP) is 3.25. The van der Waals surface area contributed by atoms with Gasteiger partial charge in [-0.2, -0.15) is 0 Å². The highest BCUT2D eigenvalue weighted by atomic mass is 16.5. The van der Waals surface area contributed by atoms with Crippen molar-refractivity contribution in [1.82, 2.24) is 4.90 Å². The average Bonchev–Trinajstić information content (AvgIpc) is 3.03. The molecule has 0 bridgehead atoms. The molecule has 28 heavy (non-hydrogen) atoms. The minimum absolute atomic E-state index is 0.262. The standard InChI is InChI=1S/C13H16O3.C8H13NO3/c1-7-4-5-9-11(7)8(2)6-10(13(14)15)12(9)16-3;1-3-9(4-2)7(10)5-6-8(11)12/h6-7H,4-5H2,1-3H3,(H,14,15);5-6H,3-4H2,1-2H3,(H,11,12). The van der Waals surface area contributed by atoms with E-state index in [1.165, 1.54) is 5.56 Å². The van der Waals surface area contributed by atoms with Crippen molar-refractivity contribution >= 4 is 17.8 Å². The van der Waals surface area contributed by atoms with Crippen molar-refractivity contribution in [1.29, 1.82) is 0 Å². The third-order valence-electron chi connectivity index (χ3n) is 4.83. The number of hydrogen-bond donors (Lipinski definition) is 2. The lowest BCUT2D eigenvalue weighted by atomic mass is 9.95. The van der Waals surface area contributed by atoms with Crippen molar-refractivity contribution < 1.29 is 29.3 Å². The van der Waals surface area contributed by atoms with Gasteiger partial charge in [-0.05, 0) is 62.3 Å². The molecule has 2 N–H and O–H groups in total. The molecular formula is C21H29NO6. The van der Waals surface area contributed by atoms with Gasteiger partial charge in [-0.15, -0.1) is 0 Å². The monoisotopic (exact) mass is 391 g/mol. The van der Waals surface area contributed by atoms with Gasteiger partial charge in [0.1, 0.15) is 11.3 Å². The number of benzene rings is 1. The molecule has 1 aromatic rings. The molecule has 154 valence electrons. The lowest BCUT2D eigenvalue weighted by Gasteiger charge is -2.15. The molecule has 0 aliphatic heterocycles. The zero-order chi connectivity index (χ0) is 21.4. The maximum absolute atomic E-state index is 11.1. The van der Waals surface area contributed by atoms with Gasteiger partial charge >= 0.3 is 11.9 Å². The van der Waals surface area contributed by atoms with Crippen LogP contribution in [0.3, 0.4) is 0 Å². The average molecular weight is 391 g/mol. The summed E-state index contributed by atoms with van der Waals surface area (Å²) >= 11 is 0. The smallest absolute Gasteiger partial charge is 0.339 e. The van der Waals surface area contributed by atoms with Crippen molar-refractivity contribution in [2.75, 3.05) is 20.2 Å². The third-order valence-corrected chi connectivity index (χ3v) is 4.83. The van der Waals surface area contributed by atoms with E-state index in [4.69, 9.17) is 14.9 Å². The largest absolute Gasteiger partial charge is 0.496 e. The fourth-order valence-electron chi connectivity index (χ4n) is 3.50. The Hall–Kier alpha value is -2.83. The molecule has 0 fully saturated rings. The second-order valence-corrected chi connectivity index (χ2v) is 6.59. The highest BCUT2D eigenvalue weighted by Gasteiger charge is 2.27. The Morgan fingerprint density at radius 1 is 1.21 bits per heavy atom. The number of methoxy groups -OCH3 is 1. The van der Waals surface area contributed by atoms with Crippen LogP contribution in [0.2, 0.25) is 0 Å². The van der Waals surface area contributed by atoms with E-state index in [-0.39, 0.29) is 11.5 Å². The second kappa shape index (κ2) is 10.5. The number of carbonyl (C=O) groups is 3. The normalized spacial score (nSPS) is 14.8. The molecule has 1 amide bonds. The van der Waals surface area contributed by atoms with Gasteiger partial charge in [0.25, 0.3) is 0 Å². The topological polar surface area (TPSA) is 104 Å². The van der Waals surface area contributed by atoms with Gasteiger partial charge in [-0.3, -0.25) is 4.79 Å². The number of aliphatic carboxylic acids is 1. The first-order valence-electron chi connectivity index (χ1n) is 9.31. The summed E-state index contributed by atoms with van der Waals surface area (Å²) in [5.74, 6) is -1.22. The van der Waals surface area contributed by atoms with Gasteiger partial charge in [-0.25, -0.2) is 9.59 Å². The maximum Gasteiger partial charge on any atom is 0.339 e. The summed E-state index contributed by atoms with van der Waals surface area (Å²) in [5, 5.41) is 17.4. The first kappa shape index (κ1) is 23.2. The molecule has 2 rings (SSSR count). The van der Waals surface area contributed by atoms with Crippen molar-refractivity contribution in [2.45, 2.75) is 46.5 Å². The van der Waals surface area contributed by atoms with Crippen molar-refractivity contribution in [3.8, 4) is 5.75 Å². The van der Waals surface area contributed by atoms with Crippen LogP contribution in [0, 0.1) is 6.92 Å². The maximum atomic E-state index is 11.1. The summed E-state index contributed by atoms with van der Waals surface area (Å²) in [6.45, 7) is 9.04. The van der Waals surface area contributed by atoms with Gasteiger partial charge in [0.2, 0.25) is 5.91 Å². The molecule has 0 aromatic heterocycles. The van der Waals surface area contributed by atoms with Crippen LogP contribution >= 0.6 is 0 Å². The van der Waals surface area contributed by atoms with Gasteiger partial charge in [0.15, 0.2) is 0 Å². The molecular weight excluding hydrogens is 362 g/mol. The Bertz CT molecular complexity index is 765. The van der Waals surface area contributed by atoms with Gasteiger partial charge in [0.05, 0.1) is 7.11 Å². The van der Waals surface area contributed by atoms with Gasteiger partial charge in [-0.1, -0.05) is 6.92 Å². The Kier molecular flexibility index (Phi) is 8.70. The van der Waals surface area contributed by atoms with Crippen LogP contribution in [0.1, 0.15) is 60.2 Å². The van der Waals surface area contributed by atoms with Crippen molar-refractivity contribution in [3.05, 3.63) is 40.5 Å². The number of rotatable bonds is 6. The van der Waals surface area contributed by atoms with Crippen LogP contribution in [0.15, 0.2) is 18.2 Å². The minimum Gasteiger partial charge on any atom is -0.496 e. The lowest BCUT2D eigenvalue weighted by molar-refractivity contribution is -0.132. The number of aromatic carboxylic acids is 1. The summed E-state index contributed by atoms with van der Waals surface area (Å²) in [5.41, 5.74) is 3.72. The van der Waals surface area contributed by atoms with E-state index in [0.717, 1.165) is 36.1 Å². The summed E-state index contributed by atoms with van der Waals surface area (Å²) in [6, 6.07) is 1.72. The van der Waals surface area contributed by atoms with Crippen molar-refractivity contribution in [2.24, 2.45) is 0 Å². The molecule has 0 radical (unpaired) electrons. The highest BCUT2D eigenvalue weighted by molar-refractivity contribution is 5.94. The Morgan fingerprint density at radius 2 is 1.82 bits per heavy atom. The third kappa shape index (κ3) is 5.58. The number of amides is 1. The number of likely N-dealkylation sites (N-methyl/N-ethyl adjacent to an activating group) is 1. The SMILES string of the molecule is CCN(CC)C(=O)C=CC(=O)O.COc1c(C(=O)O)cc(C)c2c1CCC2C. The number of nitrogens with zero attached hydrogens (tertiary/aromatic N) is 1. The van der Waals surface area contributed by atoms with E-state index in [9.17, 15) is 14.4 Å². The number of carboxylic acid groups (broad SMARTS) is 2. The van der Waals surface area contributed by atoms with Gasteiger partial charge in [0, 0.05) is 25.2 Å². The molecule has 1 atom stereocenters. The van der Waals surface area contributed by atoms with E-state index < -0.39 is 11.9 Å². The molecule has 1 aliphatic rings. The molecule has 0 spiro atoms. The summed E-state index contributed by atoms with van der Waals surface area (Å²) in [6.07, 6.45) is 3.91. The van der Waals surface area contributed by atoms with Gasteiger partial charge < -0.3 is 19.8 Å². The molecule has 1 aromatic carbocycles. The van der Waals surface area contributed by atoms with E-state index in [1.807, 2.05) is 20.8 Å². The van der Waals surface area contributed by atoms with Crippen LogP contribution in [-0.4, -0.2) is 53.2 Å². The molecule has 7 heteroatoms. The first-order chi connectivity index (χ1) is 13.2. The number of hydrogen-bond acceptors (Lipinski definition) is 4. The molecule has 0 saturated heterocycles. The van der Waals surface area contributed by atoms with Crippen LogP contribution in [0.25, 0.3) is 0 Å². The molecule has 1 aliphatic carbocycles. The Morgan fingerprint density at radius 3 is 2.29 bits per heavy atom. The predicted molar refractivity (Wildman–Crippen MR) is 106 cm³/mol. The summed E-state index contributed by atoms with van der Waals surface area (Å²) in [4.78, 5) is 33.8. The fraction of sp³-hybridized carbons (Fsp3) is 0.476. The Balaban J connectivity index is 0.000000295. The molecule has 0 heterocycles. The van der Waals surface area contributed by atoms with E-state index >= 15 is 0 Å². The summed E-state index contributed by atoms with van der Waals surface area (Å²) < 4.78 is 5.27.